The molecule has 0 aromatic heterocycles. The minimum atomic E-state index is -2.61. The molecule has 0 spiro atoms. The number of rotatable bonds is 2. The molecule has 1 aromatic carbocycles. The quantitative estimate of drug-likeness (QED) is 0.268. The highest BCUT2D eigenvalue weighted by Crippen LogP contribution is 2.52. The largest absolute Gasteiger partial charge is 0.508 e. The number of likely N-dealkylation sites (N-methyl/N-ethyl adjacent to an activating group) is 1. The van der Waals surface area contributed by atoms with Crippen molar-refractivity contribution >= 4 is 45.8 Å². The number of aliphatic hydroxyl groups is 3. The number of primary amides is 1. The van der Waals surface area contributed by atoms with E-state index in [1.807, 2.05) is 0 Å². The smallest absolute Gasteiger partial charge is 0.255 e. The van der Waals surface area contributed by atoms with E-state index in [9.17, 15) is 34.8 Å². The molecule has 0 heterocycles. The van der Waals surface area contributed by atoms with Gasteiger partial charge in [-0.2, -0.15) is 0 Å². The number of phenolic OH excluding ortho intramolecular Hbond substituents is 1. The Morgan fingerprint density at radius 2 is 1.84 bits per heavy atom. The van der Waals surface area contributed by atoms with Gasteiger partial charge >= 0.3 is 0 Å². The summed E-state index contributed by atoms with van der Waals surface area (Å²) in [6.45, 7) is 0. The van der Waals surface area contributed by atoms with Gasteiger partial charge in [0.1, 0.15) is 22.8 Å². The number of Topliss-reactive ketones (excluding diaryl/α,β-unsaturated/α-hetero) is 2. The van der Waals surface area contributed by atoms with Gasteiger partial charge in [0.25, 0.3) is 5.91 Å². The average Bonchev–Trinajstić information content (AvgIpc) is 2.67. The van der Waals surface area contributed by atoms with Gasteiger partial charge in [0.05, 0.1) is 11.6 Å². The molecule has 1 fully saturated rings. The second-order valence-electron chi connectivity index (χ2n) is 8.38. The number of halogens is 1. The van der Waals surface area contributed by atoms with Gasteiger partial charge in [0.15, 0.2) is 11.4 Å². The second kappa shape index (κ2) is 7.85. The summed E-state index contributed by atoms with van der Waals surface area (Å²) in [6.07, 6.45) is 0.374. The summed E-state index contributed by atoms with van der Waals surface area (Å²) in [4.78, 5) is 39.9. The number of nitrogens with two attached hydrogens (primary N) is 1. The van der Waals surface area contributed by atoms with Gasteiger partial charge in [-0.1, -0.05) is 7.43 Å². The molecule has 172 valence electrons. The molecule has 0 bridgehead atoms. The van der Waals surface area contributed by atoms with E-state index in [1.54, 1.807) is 20.2 Å². The fourth-order valence-electron chi connectivity index (χ4n) is 5.21. The highest BCUT2D eigenvalue weighted by Gasteiger charge is 2.64. The van der Waals surface area contributed by atoms with Crippen LogP contribution in [0.25, 0.3) is 5.76 Å². The molecule has 32 heavy (non-hydrogen) atoms. The zero-order valence-corrected chi connectivity index (χ0v) is 18.9. The molecular formula is C22H25IN2O7. The van der Waals surface area contributed by atoms with Gasteiger partial charge in [-0.15, -0.1) is 0 Å². The molecule has 1 saturated carbocycles. The molecule has 1 amide bonds. The van der Waals surface area contributed by atoms with Crippen molar-refractivity contribution in [2.24, 2.45) is 17.6 Å². The van der Waals surface area contributed by atoms with E-state index in [0.717, 1.165) is 3.57 Å². The van der Waals surface area contributed by atoms with Crippen LogP contribution in [0.4, 0.5) is 0 Å². The van der Waals surface area contributed by atoms with E-state index in [1.165, 1.54) is 11.0 Å². The molecule has 4 atom stereocenters. The van der Waals surface area contributed by atoms with E-state index in [-0.39, 0.29) is 30.7 Å². The molecule has 4 rings (SSSR count). The first-order valence-electron chi connectivity index (χ1n) is 9.58. The van der Waals surface area contributed by atoms with E-state index in [0.29, 0.717) is 12.0 Å². The molecule has 6 N–H and O–H groups in total. The number of aromatic hydroxyl groups is 1. The standard InChI is InChI=1S/C21H21IN2O7.CH4/c1-24(2)15-9-6-7-5-8-10(22)3-4-11(25)13(8)16(26)12(7)18(28)21(9,31)19(29)14(17(15)27)20(23)30;/h3-4,7,9,15,25-26,29,31H,5-6H2,1-2H3,(H2,23,30);1H4/t7-,9-,15-,21-;/m0./s1. The minimum Gasteiger partial charge on any atom is -0.508 e. The van der Waals surface area contributed by atoms with Gasteiger partial charge in [0.2, 0.25) is 5.78 Å². The summed E-state index contributed by atoms with van der Waals surface area (Å²) < 4.78 is 0.784. The van der Waals surface area contributed by atoms with Crippen LogP contribution >= 0.6 is 22.6 Å². The number of phenols is 1. The summed E-state index contributed by atoms with van der Waals surface area (Å²) in [7, 11) is 3.13. The van der Waals surface area contributed by atoms with Crippen LogP contribution in [0.5, 0.6) is 5.75 Å². The number of aliphatic hydroxyl groups excluding tert-OH is 2. The molecule has 3 aliphatic carbocycles. The van der Waals surface area contributed by atoms with E-state index in [2.05, 4.69) is 22.6 Å². The van der Waals surface area contributed by atoms with Crippen molar-refractivity contribution in [3.05, 3.63) is 43.7 Å². The zero-order chi connectivity index (χ0) is 23.0. The van der Waals surface area contributed by atoms with Gasteiger partial charge in [0, 0.05) is 15.1 Å². The Kier molecular flexibility index (Phi) is 5.94. The Morgan fingerprint density at radius 1 is 1.22 bits per heavy atom. The monoisotopic (exact) mass is 556 g/mol. The van der Waals surface area contributed by atoms with Crippen molar-refractivity contribution < 1.29 is 34.8 Å². The number of ketones is 2. The number of nitrogens with zero attached hydrogens (tertiary/aromatic N) is 1. The zero-order valence-electron chi connectivity index (χ0n) is 16.7. The van der Waals surface area contributed by atoms with Crippen molar-refractivity contribution in [2.75, 3.05) is 14.1 Å². The number of fused-ring (bicyclic) bond motifs is 3. The highest BCUT2D eigenvalue weighted by atomic mass is 127. The Morgan fingerprint density at radius 3 is 2.41 bits per heavy atom. The van der Waals surface area contributed by atoms with Crippen LogP contribution in [0.1, 0.15) is 25.0 Å². The fraction of sp³-hybridized carbons (Fsp3) is 0.409. The molecule has 3 aliphatic rings. The predicted molar refractivity (Wildman–Crippen MR) is 124 cm³/mol. The van der Waals surface area contributed by atoms with Crippen LogP contribution < -0.4 is 5.73 Å². The molecule has 1 aromatic rings. The van der Waals surface area contributed by atoms with Gasteiger partial charge in [-0.25, -0.2) is 0 Å². The molecule has 10 heteroatoms. The number of carbonyl (C=O) groups is 3. The maximum Gasteiger partial charge on any atom is 0.255 e. The van der Waals surface area contributed by atoms with Crippen LogP contribution in [0, 0.1) is 15.4 Å². The SMILES string of the molecule is C.CN(C)[C@@H]1C(=O)C(C(N)=O)=C(O)[C@@]2(O)C(=O)C3=C(O)c4c(O)ccc(I)c4C[C@H]3C[C@@H]12. The lowest BCUT2D eigenvalue weighted by Crippen LogP contribution is -2.65. The van der Waals surface area contributed by atoms with Gasteiger partial charge in [-0.3, -0.25) is 19.3 Å². The number of hydrogen-bond acceptors (Lipinski definition) is 8. The average molecular weight is 556 g/mol. The number of amides is 1. The first-order valence-corrected chi connectivity index (χ1v) is 10.7. The van der Waals surface area contributed by atoms with Crippen molar-refractivity contribution in [2.45, 2.75) is 31.9 Å². The third-order valence-electron chi connectivity index (χ3n) is 6.55. The maximum atomic E-state index is 13.6. The number of carbonyl (C=O) groups excluding carboxylic acids is 3. The van der Waals surface area contributed by atoms with Crippen LogP contribution in [-0.4, -0.2) is 68.5 Å². The lowest BCUT2D eigenvalue weighted by molar-refractivity contribution is -0.153. The van der Waals surface area contributed by atoms with E-state index >= 15 is 0 Å². The Labute approximate surface area is 198 Å². The molecule has 0 aliphatic heterocycles. The maximum absolute atomic E-state index is 13.6. The van der Waals surface area contributed by atoms with Crippen LogP contribution in [0.15, 0.2) is 29.0 Å². The van der Waals surface area contributed by atoms with Crippen molar-refractivity contribution in [1.82, 2.24) is 4.90 Å². The molecule has 0 radical (unpaired) electrons. The van der Waals surface area contributed by atoms with Crippen molar-refractivity contribution in [3.63, 3.8) is 0 Å². The summed E-state index contributed by atoms with van der Waals surface area (Å²) >= 11 is 2.07. The topological polar surface area (TPSA) is 161 Å². The third kappa shape index (κ3) is 3.00. The summed E-state index contributed by atoms with van der Waals surface area (Å²) in [6, 6.07) is 2.00. The number of hydrogen-bond donors (Lipinski definition) is 5. The fourth-order valence-corrected chi connectivity index (χ4v) is 5.88. The van der Waals surface area contributed by atoms with Crippen molar-refractivity contribution in [3.8, 4) is 5.75 Å². The third-order valence-corrected chi connectivity index (χ3v) is 7.56. The lowest BCUT2D eigenvalue weighted by Gasteiger charge is -2.50. The van der Waals surface area contributed by atoms with E-state index in [4.69, 9.17) is 5.73 Å². The number of benzene rings is 1. The first kappa shape index (κ1) is 24.2. The molecule has 9 nitrogen and oxygen atoms in total. The van der Waals surface area contributed by atoms with Crippen LogP contribution in [-0.2, 0) is 20.8 Å². The Balaban J connectivity index is 0.00000289. The second-order valence-corrected chi connectivity index (χ2v) is 9.54. The van der Waals surface area contributed by atoms with Crippen LogP contribution in [0.2, 0.25) is 0 Å². The Bertz CT molecular complexity index is 1120. The minimum absolute atomic E-state index is 0. The first-order chi connectivity index (χ1) is 14.4. The van der Waals surface area contributed by atoms with Crippen LogP contribution in [0.3, 0.4) is 0 Å². The summed E-state index contributed by atoms with van der Waals surface area (Å²) in [5.74, 6) is -6.44. The predicted octanol–water partition coefficient (Wildman–Crippen LogP) is 1.20. The van der Waals surface area contributed by atoms with Gasteiger partial charge in [-0.05, 0) is 73.1 Å². The molecule has 0 unspecified atom stereocenters. The lowest BCUT2D eigenvalue weighted by atomic mass is 9.57. The highest BCUT2D eigenvalue weighted by molar-refractivity contribution is 14.1. The normalized spacial score (nSPS) is 29.3. The molecule has 0 saturated heterocycles. The summed E-state index contributed by atoms with van der Waals surface area (Å²) in [5, 5.41) is 43.4. The molecular weight excluding hydrogens is 531 g/mol. The van der Waals surface area contributed by atoms with Crippen molar-refractivity contribution in [1.29, 1.82) is 0 Å². The van der Waals surface area contributed by atoms with E-state index < -0.39 is 58.0 Å². The Hall–Kier alpha value is -2.44. The van der Waals surface area contributed by atoms with Gasteiger partial charge < -0.3 is 26.2 Å². The summed E-state index contributed by atoms with van der Waals surface area (Å²) in [5.41, 5.74) is 2.46.